The SMILES string of the molecule is COc1ccc(NC(=O)c2cc3ccccc3oc2=Nc2ccc3c(c2)OCCO3)cc1. The first-order valence-corrected chi connectivity index (χ1v) is 10.1. The van der Waals surface area contributed by atoms with Gasteiger partial charge in [0.1, 0.15) is 30.1 Å². The van der Waals surface area contributed by atoms with Gasteiger partial charge < -0.3 is 23.9 Å². The van der Waals surface area contributed by atoms with Gasteiger partial charge in [0.25, 0.3) is 5.91 Å². The normalized spacial score (nSPS) is 13.1. The van der Waals surface area contributed by atoms with Crippen LogP contribution in [-0.2, 0) is 0 Å². The zero-order chi connectivity index (χ0) is 21.9. The van der Waals surface area contributed by atoms with Crippen molar-refractivity contribution in [1.29, 1.82) is 0 Å². The highest BCUT2D eigenvalue weighted by molar-refractivity contribution is 6.05. The Balaban J connectivity index is 1.57. The molecule has 0 aliphatic carbocycles. The minimum Gasteiger partial charge on any atom is -0.497 e. The number of nitrogens with one attached hydrogen (secondary N) is 1. The Hall–Kier alpha value is -4.26. The average Bonchev–Trinajstić information content (AvgIpc) is 2.84. The molecule has 0 spiro atoms. The lowest BCUT2D eigenvalue weighted by Crippen LogP contribution is -2.21. The van der Waals surface area contributed by atoms with Crippen LogP contribution in [0.4, 0.5) is 11.4 Å². The third-order valence-corrected chi connectivity index (χ3v) is 5.00. The summed E-state index contributed by atoms with van der Waals surface area (Å²) in [5.74, 6) is 1.66. The van der Waals surface area contributed by atoms with Crippen LogP contribution >= 0.6 is 0 Å². The number of anilines is 1. The zero-order valence-electron chi connectivity index (χ0n) is 17.3. The molecule has 3 aromatic carbocycles. The van der Waals surface area contributed by atoms with E-state index in [4.69, 9.17) is 18.6 Å². The van der Waals surface area contributed by atoms with Gasteiger partial charge in [-0.05, 0) is 48.5 Å². The van der Waals surface area contributed by atoms with Crippen molar-refractivity contribution in [3.8, 4) is 17.2 Å². The minimum absolute atomic E-state index is 0.200. The zero-order valence-corrected chi connectivity index (χ0v) is 17.3. The average molecular weight is 428 g/mol. The smallest absolute Gasteiger partial charge is 0.261 e. The maximum Gasteiger partial charge on any atom is 0.261 e. The Morgan fingerprint density at radius 1 is 0.938 bits per heavy atom. The van der Waals surface area contributed by atoms with Crippen LogP contribution in [-0.4, -0.2) is 26.2 Å². The van der Waals surface area contributed by atoms with Crippen molar-refractivity contribution in [2.24, 2.45) is 4.99 Å². The van der Waals surface area contributed by atoms with Crippen LogP contribution in [0.1, 0.15) is 10.4 Å². The molecule has 0 fully saturated rings. The topological polar surface area (TPSA) is 82.3 Å². The summed E-state index contributed by atoms with van der Waals surface area (Å²) >= 11 is 0. The molecule has 5 rings (SSSR count). The largest absolute Gasteiger partial charge is 0.497 e. The highest BCUT2D eigenvalue weighted by Crippen LogP contribution is 2.33. The predicted octanol–water partition coefficient (Wildman–Crippen LogP) is 4.70. The second-order valence-corrected chi connectivity index (χ2v) is 7.13. The number of ether oxygens (including phenoxy) is 3. The van der Waals surface area contributed by atoms with E-state index in [1.807, 2.05) is 24.3 Å². The molecule has 7 heteroatoms. The fraction of sp³-hybridized carbons (Fsp3) is 0.120. The number of para-hydroxylation sites is 1. The molecule has 0 atom stereocenters. The lowest BCUT2D eigenvalue weighted by Gasteiger charge is -2.18. The van der Waals surface area contributed by atoms with Gasteiger partial charge in [-0.1, -0.05) is 18.2 Å². The summed E-state index contributed by atoms with van der Waals surface area (Å²) in [5.41, 5.74) is 2.37. The van der Waals surface area contributed by atoms with Crippen molar-refractivity contribution in [1.82, 2.24) is 0 Å². The van der Waals surface area contributed by atoms with Gasteiger partial charge in [0.15, 0.2) is 11.5 Å². The highest BCUT2D eigenvalue weighted by Gasteiger charge is 2.15. The number of carbonyl (C=O) groups is 1. The molecule has 0 unspecified atom stereocenters. The number of rotatable bonds is 4. The number of fused-ring (bicyclic) bond motifs is 2. The Kier molecular flexibility index (Phi) is 5.21. The molecule has 1 aliphatic rings. The fourth-order valence-electron chi connectivity index (χ4n) is 3.41. The first-order valence-electron chi connectivity index (χ1n) is 10.1. The lowest BCUT2D eigenvalue weighted by molar-refractivity contribution is 0.102. The number of carbonyl (C=O) groups excluding carboxylic acids is 1. The monoisotopic (exact) mass is 428 g/mol. The number of hydrogen-bond acceptors (Lipinski definition) is 6. The van der Waals surface area contributed by atoms with Gasteiger partial charge in [0.05, 0.1) is 12.8 Å². The number of nitrogens with zero attached hydrogens (tertiary/aromatic N) is 1. The third kappa shape index (κ3) is 4.00. The van der Waals surface area contributed by atoms with E-state index in [-0.39, 0.29) is 11.5 Å². The second kappa shape index (κ2) is 8.47. The van der Waals surface area contributed by atoms with Crippen molar-refractivity contribution in [3.63, 3.8) is 0 Å². The summed E-state index contributed by atoms with van der Waals surface area (Å²) in [6, 6.07) is 21.7. The molecule has 0 bridgehead atoms. The van der Waals surface area contributed by atoms with Gasteiger partial charge in [-0.3, -0.25) is 4.79 Å². The molecule has 1 amide bonds. The van der Waals surface area contributed by atoms with Crippen LogP contribution in [0.5, 0.6) is 17.2 Å². The Labute approximate surface area is 183 Å². The van der Waals surface area contributed by atoms with Crippen molar-refractivity contribution < 1.29 is 23.4 Å². The van der Waals surface area contributed by atoms with Crippen LogP contribution in [0.25, 0.3) is 11.0 Å². The standard InChI is InChI=1S/C25H20N2O5/c1-29-19-9-6-17(7-10-19)26-24(28)20-14-16-4-2-3-5-21(16)32-25(20)27-18-8-11-22-23(15-18)31-13-12-30-22/h2-11,14-15H,12-13H2,1H3,(H,26,28). The van der Waals surface area contributed by atoms with E-state index in [9.17, 15) is 4.79 Å². The molecule has 32 heavy (non-hydrogen) atoms. The molecule has 7 nitrogen and oxygen atoms in total. The second-order valence-electron chi connectivity index (χ2n) is 7.13. The summed E-state index contributed by atoms with van der Waals surface area (Å²) in [6.45, 7) is 0.992. The fourth-order valence-corrected chi connectivity index (χ4v) is 3.41. The molecule has 0 radical (unpaired) electrons. The Morgan fingerprint density at radius 3 is 2.53 bits per heavy atom. The van der Waals surface area contributed by atoms with Gasteiger partial charge in [-0.25, -0.2) is 4.99 Å². The van der Waals surface area contributed by atoms with Crippen molar-refractivity contribution in [2.75, 3.05) is 25.6 Å². The molecular weight excluding hydrogens is 408 g/mol. The molecule has 1 aliphatic heterocycles. The van der Waals surface area contributed by atoms with Crippen molar-refractivity contribution >= 4 is 28.3 Å². The van der Waals surface area contributed by atoms with E-state index in [2.05, 4.69) is 10.3 Å². The first kappa shape index (κ1) is 19.7. The van der Waals surface area contributed by atoms with Crippen LogP contribution in [0.15, 0.2) is 82.2 Å². The number of amides is 1. The first-order chi connectivity index (χ1) is 15.7. The molecule has 2 heterocycles. The molecule has 0 saturated carbocycles. The van der Waals surface area contributed by atoms with Gasteiger partial charge in [-0.2, -0.15) is 0 Å². The van der Waals surface area contributed by atoms with Gasteiger partial charge in [-0.15, -0.1) is 0 Å². The molecule has 1 N–H and O–H groups in total. The minimum atomic E-state index is -0.332. The Bertz CT molecular complexity index is 1360. The predicted molar refractivity (Wildman–Crippen MR) is 120 cm³/mol. The van der Waals surface area contributed by atoms with Gasteiger partial charge in [0.2, 0.25) is 5.55 Å². The van der Waals surface area contributed by atoms with E-state index >= 15 is 0 Å². The van der Waals surface area contributed by atoms with Crippen molar-refractivity contribution in [3.05, 3.63) is 83.9 Å². The van der Waals surface area contributed by atoms with E-state index in [0.717, 1.165) is 5.39 Å². The van der Waals surface area contributed by atoms with E-state index < -0.39 is 0 Å². The Morgan fingerprint density at radius 2 is 1.72 bits per heavy atom. The third-order valence-electron chi connectivity index (χ3n) is 5.00. The van der Waals surface area contributed by atoms with Crippen LogP contribution in [0, 0.1) is 0 Å². The highest BCUT2D eigenvalue weighted by atomic mass is 16.6. The van der Waals surface area contributed by atoms with E-state index in [1.54, 1.807) is 55.6 Å². The molecule has 160 valence electrons. The van der Waals surface area contributed by atoms with Crippen LogP contribution in [0.3, 0.4) is 0 Å². The van der Waals surface area contributed by atoms with Crippen LogP contribution < -0.4 is 25.1 Å². The van der Waals surface area contributed by atoms with Crippen LogP contribution in [0.2, 0.25) is 0 Å². The summed E-state index contributed by atoms with van der Waals surface area (Å²) in [6.07, 6.45) is 0. The van der Waals surface area contributed by atoms with Crippen molar-refractivity contribution in [2.45, 2.75) is 0 Å². The number of benzene rings is 3. The lowest BCUT2D eigenvalue weighted by atomic mass is 10.1. The molecule has 4 aromatic rings. The summed E-state index contributed by atoms with van der Waals surface area (Å²) < 4.78 is 22.4. The summed E-state index contributed by atoms with van der Waals surface area (Å²) in [5, 5.41) is 3.69. The number of methoxy groups -OCH3 is 1. The summed E-state index contributed by atoms with van der Waals surface area (Å²) in [7, 11) is 1.59. The molecular formula is C25H20N2O5. The number of hydrogen-bond donors (Lipinski definition) is 1. The van der Waals surface area contributed by atoms with E-state index in [0.29, 0.717) is 53.0 Å². The summed E-state index contributed by atoms with van der Waals surface area (Å²) in [4.78, 5) is 17.8. The van der Waals surface area contributed by atoms with Gasteiger partial charge >= 0.3 is 0 Å². The molecule has 0 saturated heterocycles. The van der Waals surface area contributed by atoms with E-state index in [1.165, 1.54) is 0 Å². The maximum absolute atomic E-state index is 13.1. The quantitative estimate of drug-likeness (QED) is 0.510. The van der Waals surface area contributed by atoms with Gasteiger partial charge in [0, 0.05) is 17.1 Å². The maximum atomic E-state index is 13.1. The molecule has 1 aromatic heterocycles.